The zero-order valence-corrected chi connectivity index (χ0v) is 20.3. The second kappa shape index (κ2) is 9.17. The molecule has 3 nitrogen and oxygen atoms in total. The van der Waals surface area contributed by atoms with Gasteiger partial charge >= 0.3 is 12.1 Å². The molecular weight excluding hydrogens is 491 g/mol. The Morgan fingerprint density at radius 2 is 1.80 bits per heavy atom. The summed E-state index contributed by atoms with van der Waals surface area (Å²) >= 11 is 7.09. The molecule has 8 heteroatoms. The third-order valence-corrected chi connectivity index (χ3v) is 7.66. The number of carbonyl (C=O) groups is 1. The number of benzene rings is 3. The van der Waals surface area contributed by atoms with Crippen molar-refractivity contribution in [1.82, 2.24) is 4.57 Å². The van der Waals surface area contributed by atoms with Crippen LogP contribution in [0, 0.1) is 4.64 Å². The summed E-state index contributed by atoms with van der Waals surface area (Å²) in [7, 11) is 1.32. The Balaban J connectivity index is 1.74. The third-order valence-electron chi connectivity index (χ3n) is 6.19. The number of halogens is 3. The second-order valence-electron chi connectivity index (χ2n) is 8.30. The number of carbonyl (C=O) groups excluding carboxylic acids is 1. The van der Waals surface area contributed by atoms with Gasteiger partial charge in [0, 0.05) is 11.3 Å². The Morgan fingerprint density at radius 3 is 2.57 bits per heavy atom. The standard InChI is InChI=1S/C27H20F3NO2S2/c1-33-26(32)22-15-35-25-24(18-9-5-10-20(13-18)27(28,29)30)19(14-23(34)31(22)25)12-17-8-4-7-16-6-2-3-11-21(16)17/h2-11,13-14,22H,12,15H2,1H3. The van der Waals surface area contributed by atoms with E-state index in [9.17, 15) is 18.0 Å². The lowest BCUT2D eigenvalue weighted by molar-refractivity contribution is -0.144. The van der Waals surface area contributed by atoms with Crippen molar-refractivity contribution in [3.8, 4) is 11.1 Å². The second-order valence-corrected chi connectivity index (χ2v) is 9.73. The SMILES string of the molecule is COC(=O)C1CSc2c(-c3cccc(C(F)(F)F)c3)c(Cc3cccc4ccccc34)cc(=S)n21. The van der Waals surface area contributed by atoms with Gasteiger partial charge in [-0.1, -0.05) is 66.8 Å². The van der Waals surface area contributed by atoms with Crippen molar-refractivity contribution in [3.05, 3.63) is 94.1 Å². The number of ether oxygens (including phenoxy) is 1. The van der Waals surface area contributed by atoms with Gasteiger partial charge in [-0.25, -0.2) is 4.79 Å². The van der Waals surface area contributed by atoms with Gasteiger partial charge in [0.2, 0.25) is 0 Å². The maximum absolute atomic E-state index is 13.6. The van der Waals surface area contributed by atoms with Crippen LogP contribution in [0.25, 0.3) is 21.9 Å². The van der Waals surface area contributed by atoms with Crippen LogP contribution in [-0.4, -0.2) is 23.4 Å². The molecule has 0 amide bonds. The predicted octanol–water partition coefficient (Wildman–Crippen LogP) is 7.47. The smallest absolute Gasteiger partial charge is 0.416 e. The van der Waals surface area contributed by atoms with Gasteiger partial charge in [-0.3, -0.25) is 0 Å². The first-order chi connectivity index (χ1) is 16.8. The monoisotopic (exact) mass is 511 g/mol. The molecular formula is C27H20F3NO2S2. The molecule has 0 saturated heterocycles. The summed E-state index contributed by atoms with van der Waals surface area (Å²) < 4.78 is 47.8. The Hall–Kier alpha value is -3.10. The molecule has 0 bridgehead atoms. The highest BCUT2D eigenvalue weighted by Crippen LogP contribution is 2.44. The minimum atomic E-state index is -4.47. The maximum atomic E-state index is 13.6. The molecule has 0 spiro atoms. The minimum Gasteiger partial charge on any atom is -0.467 e. The van der Waals surface area contributed by atoms with E-state index in [1.165, 1.54) is 24.9 Å². The van der Waals surface area contributed by atoms with Crippen LogP contribution in [-0.2, 0) is 22.1 Å². The van der Waals surface area contributed by atoms with Crippen LogP contribution in [0.2, 0.25) is 0 Å². The molecule has 0 N–H and O–H groups in total. The molecule has 1 aliphatic heterocycles. The Labute approximate surface area is 209 Å². The molecule has 1 aliphatic rings. The van der Waals surface area contributed by atoms with E-state index in [4.69, 9.17) is 17.0 Å². The zero-order valence-electron chi connectivity index (χ0n) is 18.6. The molecule has 0 radical (unpaired) electrons. The van der Waals surface area contributed by atoms with E-state index in [-0.39, 0.29) is 0 Å². The fourth-order valence-electron chi connectivity index (χ4n) is 4.58. The van der Waals surface area contributed by atoms with Crippen LogP contribution in [0.1, 0.15) is 22.7 Å². The Bertz CT molecular complexity index is 1510. The number of hydrogen-bond donors (Lipinski definition) is 0. The third kappa shape index (κ3) is 4.36. The van der Waals surface area contributed by atoms with Crippen molar-refractivity contribution >= 4 is 40.7 Å². The summed E-state index contributed by atoms with van der Waals surface area (Å²) in [5.41, 5.74) is 2.24. The van der Waals surface area contributed by atoms with E-state index in [0.717, 1.165) is 34.0 Å². The molecule has 1 atom stereocenters. The van der Waals surface area contributed by atoms with E-state index in [0.29, 0.717) is 33.0 Å². The summed E-state index contributed by atoms with van der Waals surface area (Å²) in [5.74, 6) is -0.0239. The van der Waals surface area contributed by atoms with Crippen molar-refractivity contribution in [2.45, 2.75) is 23.7 Å². The van der Waals surface area contributed by atoms with Crippen molar-refractivity contribution in [2.24, 2.45) is 0 Å². The first-order valence-electron chi connectivity index (χ1n) is 10.9. The van der Waals surface area contributed by atoms with Crippen molar-refractivity contribution in [1.29, 1.82) is 0 Å². The van der Waals surface area contributed by atoms with Crippen LogP contribution >= 0.6 is 24.0 Å². The number of hydrogen-bond acceptors (Lipinski definition) is 4. The van der Waals surface area contributed by atoms with Gasteiger partial charge in [-0.15, -0.1) is 11.8 Å². The Morgan fingerprint density at radius 1 is 1.06 bits per heavy atom. The van der Waals surface area contributed by atoms with Gasteiger partial charge in [0.1, 0.15) is 10.7 Å². The van der Waals surface area contributed by atoms with Gasteiger partial charge < -0.3 is 9.30 Å². The number of fused-ring (bicyclic) bond motifs is 2. The highest BCUT2D eigenvalue weighted by Gasteiger charge is 2.34. The maximum Gasteiger partial charge on any atom is 0.416 e. The molecule has 1 aromatic heterocycles. The molecule has 35 heavy (non-hydrogen) atoms. The predicted molar refractivity (Wildman–Crippen MR) is 134 cm³/mol. The molecule has 0 saturated carbocycles. The van der Waals surface area contributed by atoms with Crippen molar-refractivity contribution in [3.63, 3.8) is 0 Å². The fourth-order valence-corrected chi connectivity index (χ4v) is 6.36. The summed E-state index contributed by atoms with van der Waals surface area (Å²) in [6, 6.07) is 20.5. The fraction of sp³-hybridized carbons (Fsp3) is 0.185. The lowest BCUT2D eigenvalue weighted by Crippen LogP contribution is -2.21. The number of esters is 1. The summed E-state index contributed by atoms with van der Waals surface area (Å²) in [6.45, 7) is 0. The topological polar surface area (TPSA) is 31.2 Å². The summed E-state index contributed by atoms with van der Waals surface area (Å²) in [6.07, 6.45) is -3.99. The average Bonchev–Trinajstić information content (AvgIpc) is 3.29. The lowest BCUT2D eigenvalue weighted by Gasteiger charge is -2.20. The van der Waals surface area contributed by atoms with Crippen LogP contribution in [0.15, 0.2) is 77.8 Å². The molecule has 178 valence electrons. The van der Waals surface area contributed by atoms with Gasteiger partial charge in [-0.05, 0) is 52.1 Å². The van der Waals surface area contributed by atoms with E-state index in [1.54, 1.807) is 16.7 Å². The number of thioether (sulfide) groups is 1. The van der Waals surface area contributed by atoms with E-state index in [2.05, 4.69) is 0 Å². The van der Waals surface area contributed by atoms with Gasteiger partial charge in [0.25, 0.3) is 0 Å². The van der Waals surface area contributed by atoms with Crippen LogP contribution < -0.4 is 0 Å². The van der Waals surface area contributed by atoms with Crippen molar-refractivity contribution < 1.29 is 22.7 Å². The van der Waals surface area contributed by atoms with Crippen LogP contribution in [0.3, 0.4) is 0 Å². The summed E-state index contributed by atoms with van der Waals surface area (Å²) in [5, 5.41) is 2.84. The van der Waals surface area contributed by atoms with E-state index < -0.39 is 23.8 Å². The molecule has 0 fully saturated rings. The number of nitrogens with zero attached hydrogens (tertiary/aromatic N) is 1. The van der Waals surface area contributed by atoms with E-state index >= 15 is 0 Å². The molecule has 1 unspecified atom stereocenters. The minimum absolute atomic E-state index is 0.403. The van der Waals surface area contributed by atoms with E-state index in [1.807, 2.05) is 42.5 Å². The Kier molecular flexibility index (Phi) is 6.19. The lowest BCUT2D eigenvalue weighted by atomic mass is 9.93. The van der Waals surface area contributed by atoms with Gasteiger partial charge in [0.05, 0.1) is 17.7 Å². The molecule has 0 aliphatic carbocycles. The molecule has 5 rings (SSSR count). The largest absolute Gasteiger partial charge is 0.467 e. The normalized spacial score (nSPS) is 15.3. The zero-order chi connectivity index (χ0) is 24.7. The number of aromatic nitrogens is 1. The van der Waals surface area contributed by atoms with Gasteiger partial charge in [0.15, 0.2) is 0 Å². The van der Waals surface area contributed by atoms with Crippen molar-refractivity contribution in [2.75, 3.05) is 12.9 Å². The highest BCUT2D eigenvalue weighted by atomic mass is 32.2. The number of pyridine rings is 1. The van der Waals surface area contributed by atoms with Gasteiger partial charge in [-0.2, -0.15) is 13.2 Å². The van der Waals surface area contributed by atoms with Crippen LogP contribution in [0.5, 0.6) is 0 Å². The molecule has 4 aromatic rings. The number of methoxy groups -OCH3 is 1. The quantitative estimate of drug-likeness (QED) is 0.210. The molecule has 2 heterocycles. The summed E-state index contributed by atoms with van der Waals surface area (Å²) in [4.78, 5) is 12.4. The average molecular weight is 512 g/mol. The number of rotatable bonds is 4. The highest BCUT2D eigenvalue weighted by molar-refractivity contribution is 7.99. The number of alkyl halides is 3. The first kappa shape index (κ1) is 23.6. The first-order valence-corrected chi connectivity index (χ1v) is 12.3. The van der Waals surface area contributed by atoms with Crippen LogP contribution in [0.4, 0.5) is 13.2 Å². The molecule has 3 aromatic carbocycles.